The van der Waals surface area contributed by atoms with Gasteiger partial charge in [-0.2, -0.15) is 18.8 Å². The number of guanidine groups is 1. The molecule has 0 spiro atoms. The standard InChI is InChI=1S/C15H13N5O4S2/c1-24-14(21)13-12(6-7-25-13)26(22,23)20(15(17)18)19-9-11-4-2-10(8-16)3-5-11/h2-7,9H,1H3,(H3,17,18)/b19-9+. The zero-order chi connectivity index (χ0) is 19.3. The molecule has 0 aliphatic rings. The summed E-state index contributed by atoms with van der Waals surface area (Å²) in [5.41, 5.74) is 6.28. The van der Waals surface area contributed by atoms with Gasteiger partial charge in [0.15, 0.2) is 0 Å². The molecule has 2 rings (SSSR count). The number of benzene rings is 1. The molecule has 0 radical (unpaired) electrons. The number of rotatable bonds is 5. The zero-order valence-corrected chi connectivity index (χ0v) is 15.0. The van der Waals surface area contributed by atoms with E-state index in [2.05, 4.69) is 9.84 Å². The summed E-state index contributed by atoms with van der Waals surface area (Å²) in [5, 5.41) is 21.4. The number of nitriles is 1. The molecule has 0 saturated carbocycles. The van der Waals surface area contributed by atoms with Gasteiger partial charge in [0.25, 0.3) is 10.0 Å². The summed E-state index contributed by atoms with van der Waals surface area (Å²) < 4.78 is 30.4. The largest absolute Gasteiger partial charge is 0.465 e. The van der Waals surface area contributed by atoms with Gasteiger partial charge < -0.3 is 10.5 Å². The number of hydrogen-bond acceptors (Lipinski definition) is 8. The van der Waals surface area contributed by atoms with Crippen molar-refractivity contribution in [3.63, 3.8) is 0 Å². The number of thiophene rings is 1. The average Bonchev–Trinajstić information content (AvgIpc) is 3.12. The highest BCUT2D eigenvalue weighted by Gasteiger charge is 2.31. The number of sulfonamides is 1. The lowest BCUT2D eigenvalue weighted by Crippen LogP contribution is -2.37. The topological polar surface area (TPSA) is 150 Å². The van der Waals surface area contributed by atoms with Crippen LogP contribution in [0.5, 0.6) is 0 Å². The number of nitrogens with two attached hydrogens (primary N) is 1. The molecule has 1 aromatic carbocycles. The van der Waals surface area contributed by atoms with Crippen molar-refractivity contribution in [1.82, 2.24) is 4.41 Å². The summed E-state index contributed by atoms with van der Waals surface area (Å²) in [6.45, 7) is 0. The van der Waals surface area contributed by atoms with Gasteiger partial charge in [-0.1, -0.05) is 12.1 Å². The molecule has 0 aliphatic heterocycles. The third-order valence-corrected chi connectivity index (χ3v) is 5.73. The Bertz CT molecular complexity index is 1000. The van der Waals surface area contributed by atoms with Gasteiger partial charge in [0.2, 0.25) is 5.96 Å². The fraction of sp³-hybridized carbons (Fsp3) is 0.0667. The average molecular weight is 391 g/mol. The predicted octanol–water partition coefficient (Wildman–Crippen LogP) is 1.32. The van der Waals surface area contributed by atoms with Crippen LogP contribution in [0.1, 0.15) is 20.8 Å². The molecule has 0 aliphatic carbocycles. The highest BCUT2D eigenvalue weighted by atomic mass is 32.2. The van der Waals surface area contributed by atoms with E-state index in [-0.39, 0.29) is 9.77 Å². The molecule has 0 unspecified atom stereocenters. The molecule has 26 heavy (non-hydrogen) atoms. The molecule has 9 nitrogen and oxygen atoms in total. The zero-order valence-electron chi connectivity index (χ0n) is 13.4. The van der Waals surface area contributed by atoms with Gasteiger partial charge in [0.05, 0.1) is 25.0 Å². The second-order valence-electron chi connectivity index (χ2n) is 4.72. The van der Waals surface area contributed by atoms with Crippen LogP contribution in [0.4, 0.5) is 0 Å². The van der Waals surface area contributed by atoms with Crippen LogP contribution in [-0.2, 0) is 14.8 Å². The maximum Gasteiger partial charge on any atom is 0.349 e. The van der Waals surface area contributed by atoms with E-state index < -0.39 is 22.0 Å². The molecule has 0 bridgehead atoms. The summed E-state index contributed by atoms with van der Waals surface area (Å²) in [4.78, 5) is 11.2. The Hall–Kier alpha value is -3.23. The van der Waals surface area contributed by atoms with Crippen LogP contribution in [0, 0.1) is 16.7 Å². The highest BCUT2D eigenvalue weighted by Crippen LogP contribution is 2.26. The first-order valence-electron chi connectivity index (χ1n) is 6.90. The lowest BCUT2D eigenvalue weighted by molar-refractivity contribution is 0.0602. The van der Waals surface area contributed by atoms with Crippen LogP contribution in [-0.4, -0.2) is 38.1 Å². The smallest absolute Gasteiger partial charge is 0.349 e. The number of nitrogens with one attached hydrogen (secondary N) is 1. The van der Waals surface area contributed by atoms with E-state index in [9.17, 15) is 13.2 Å². The summed E-state index contributed by atoms with van der Waals surface area (Å²) >= 11 is 0.883. The first kappa shape index (κ1) is 19.1. The molecule has 2 aromatic rings. The highest BCUT2D eigenvalue weighted by molar-refractivity contribution is 7.89. The quantitative estimate of drug-likeness (QED) is 0.340. The molecular weight excluding hydrogens is 378 g/mol. The van der Waals surface area contributed by atoms with Gasteiger partial charge in [-0.3, -0.25) is 5.41 Å². The predicted molar refractivity (Wildman–Crippen MR) is 95.3 cm³/mol. The van der Waals surface area contributed by atoms with Gasteiger partial charge in [-0.05, 0) is 29.1 Å². The monoisotopic (exact) mass is 391 g/mol. The number of nitrogens with zero attached hydrogens (tertiary/aromatic N) is 3. The van der Waals surface area contributed by atoms with E-state index in [1.165, 1.54) is 29.8 Å². The SMILES string of the molecule is COC(=O)c1sccc1S(=O)(=O)N(/N=C/c1ccc(C#N)cc1)C(=N)N. The van der Waals surface area contributed by atoms with E-state index in [1.807, 2.05) is 6.07 Å². The first-order valence-corrected chi connectivity index (χ1v) is 9.22. The van der Waals surface area contributed by atoms with Crippen LogP contribution < -0.4 is 5.73 Å². The van der Waals surface area contributed by atoms with Crippen molar-refractivity contribution in [1.29, 1.82) is 10.7 Å². The number of hydrazone groups is 1. The maximum atomic E-state index is 12.7. The molecule has 11 heteroatoms. The van der Waals surface area contributed by atoms with Crippen molar-refractivity contribution in [2.75, 3.05) is 7.11 Å². The van der Waals surface area contributed by atoms with Crippen LogP contribution in [0.3, 0.4) is 0 Å². The lowest BCUT2D eigenvalue weighted by atomic mass is 10.2. The Morgan fingerprint density at radius 1 is 1.38 bits per heavy atom. The second kappa shape index (κ2) is 7.77. The van der Waals surface area contributed by atoms with Crippen LogP contribution in [0.25, 0.3) is 0 Å². The third-order valence-electron chi connectivity index (χ3n) is 3.06. The Balaban J connectivity index is 2.41. The summed E-state index contributed by atoms with van der Waals surface area (Å²) in [5.74, 6) is -1.67. The van der Waals surface area contributed by atoms with Gasteiger partial charge in [-0.15, -0.1) is 15.8 Å². The van der Waals surface area contributed by atoms with Gasteiger partial charge in [-0.25, -0.2) is 4.79 Å². The molecule has 134 valence electrons. The van der Waals surface area contributed by atoms with Crippen LogP contribution in [0.15, 0.2) is 45.7 Å². The van der Waals surface area contributed by atoms with Gasteiger partial charge in [0, 0.05) is 0 Å². The maximum absolute atomic E-state index is 12.7. The van der Waals surface area contributed by atoms with E-state index in [0.717, 1.165) is 18.4 Å². The minimum absolute atomic E-state index is 0.146. The molecule has 0 amide bonds. The summed E-state index contributed by atoms with van der Waals surface area (Å²) in [7, 11) is -3.25. The Labute approximate surface area is 153 Å². The van der Waals surface area contributed by atoms with Crippen LogP contribution in [0.2, 0.25) is 0 Å². The Kier molecular flexibility index (Phi) is 5.71. The first-order chi connectivity index (χ1) is 12.3. The van der Waals surface area contributed by atoms with E-state index >= 15 is 0 Å². The van der Waals surface area contributed by atoms with Crippen molar-refractivity contribution in [2.24, 2.45) is 10.8 Å². The number of ether oxygens (including phenoxy) is 1. The van der Waals surface area contributed by atoms with Crippen molar-refractivity contribution >= 4 is 39.5 Å². The summed E-state index contributed by atoms with van der Waals surface area (Å²) in [6, 6.07) is 9.33. The second-order valence-corrected chi connectivity index (χ2v) is 7.37. The van der Waals surface area contributed by atoms with Crippen molar-refractivity contribution in [3.05, 3.63) is 51.7 Å². The third kappa shape index (κ3) is 3.88. The van der Waals surface area contributed by atoms with Gasteiger partial charge >= 0.3 is 5.97 Å². The minimum Gasteiger partial charge on any atom is -0.465 e. The van der Waals surface area contributed by atoms with E-state index in [0.29, 0.717) is 15.5 Å². The number of esters is 1. The molecule has 0 fully saturated rings. The van der Waals surface area contributed by atoms with Gasteiger partial charge in [0.1, 0.15) is 9.77 Å². The lowest BCUT2D eigenvalue weighted by Gasteiger charge is -2.16. The van der Waals surface area contributed by atoms with Crippen LogP contribution >= 0.6 is 11.3 Å². The summed E-state index contributed by atoms with van der Waals surface area (Å²) in [6.07, 6.45) is 1.17. The van der Waals surface area contributed by atoms with Crippen molar-refractivity contribution < 1.29 is 17.9 Å². The van der Waals surface area contributed by atoms with E-state index in [1.54, 1.807) is 12.1 Å². The number of hydrogen-bond donors (Lipinski definition) is 2. The van der Waals surface area contributed by atoms with Crippen molar-refractivity contribution in [2.45, 2.75) is 4.90 Å². The Morgan fingerprint density at radius 3 is 2.58 bits per heavy atom. The van der Waals surface area contributed by atoms with E-state index in [4.69, 9.17) is 16.4 Å². The Morgan fingerprint density at radius 2 is 2.04 bits per heavy atom. The molecule has 0 atom stereocenters. The fourth-order valence-electron chi connectivity index (χ4n) is 1.85. The minimum atomic E-state index is -4.38. The fourth-order valence-corrected chi connectivity index (χ4v) is 4.28. The number of carbonyl (C=O) groups is 1. The normalized spacial score (nSPS) is 11.1. The van der Waals surface area contributed by atoms with Crippen molar-refractivity contribution in [3.8, 4) is 6.07 Å². The number of carbonyl (C=O) groups excluding carboxylic acids is 1. The molecule has 0 saturated heterocycles. The molecule has 1 heterocycles. The molecule has 3 N–H and O–H groups in total. The molecule has 1 aromatic heterocycles. The number of methoxy groups -OCH3 is 1. The molecular formula is C15H13N5O4S2.